The van der Waals surface area contributed by atoms with E-state index in [1.165, 1.54) is 7.11 Å². The fraction of sp³-hybridized carbons (Fsp3) is 0.304. The first kappa shape index (κ1) is 23.3. The number of nitrogens with zero attached hydrogens (tertiary/aromatic N) is 1. The van der Waals surface area contributed by atoms with Gasteiger partial charge in [-0.2, -0.15) is 0 Å². The van der Waals surface area contributed by atoms with Gasteiger partial charge in [0.05, 0.1) is 29.0 Å². The van der Waals surface area contributed by atoms with E-state index in [4.69, 9.17) is 14.0 Å². The SMILES string of the molecule is COc1cc(C(=O)NCCCS(=O)(=O)c2ccccc2)ccc1OCc1c(C)noc1C. The Morgan fingerprint density at radius 2 is 1.84 bits per heavy atom. The van der Waals surface area contributed by atoms with Crippen LogP contribution in [0.4, 0.5) is 0 Å². The summed E-state index contributed by atoms with van der Waals surface area (Å²) in [6.45, 7) is 4.15. The topological polar surface area (TPSA) is 108 Å². The van der Waals surface area contributed by atoms with Crippen LogP contribution in [-0.4, -0.2) is 38.9 Å². The summed E-state index contributed by atoms with van der Waals surface area (Å²) in [4.78, 5) is 12.8. The normalized spacial score (nSPS) is 11.2. The van der Waals surface area contributed by atoms with Crippen molar-refractivity contribution in [3.63, 3.8) is 0 Å². The molecular formula is C23H26N2O6S. The molecule has 2 aromatic carbocycles. The number of ether oxygens (including phenoxy) is 2. The molecule has 3 aromatic rings. The molecule has 170 valence electrons. The van der Waals surface area contributed by atoms with Crippen molar-refractivity contribution in [2.45, 2.75) is 31.8 Å². The van der Waals surface area contributed by atoms with E-state index in [2.05, 4.69) is 10.5 Å². The molecule has 1 aromatic heterocycles. The highest BCUT2D eigenvalue weighted by Crippen LogP contribution is 2.29. The molecule has 8 nitrogen and oxygen atoms in total. The molecule has 1 amide bonds. The Hall–Kier alpha value is -3.33. The molecule has 0 radical (unpaired) electrons. The lowest BCUT2D eigenvalue weighted by atomic mass is 10.2. The fourth-order valence-corrected chi connectivity index (χ4v) is 4.43. The minimum Gasteiger partial charge on any atom is -0.493 e. The molecule has 0 saturated carbocycles. The van der Waals surface area contributed by atoms with Gasteiger partial charge in [0.15, 0.2) is 21.3 Å². The zero-order chi connectivity index (χ0) is 23.1. The van der Waals surface area contributed by atoms with Crippen molar-refractivity contribution < 1.29 is 27.2 Å². The minimum absolute atomic E-state index is 0.0465. The van der Waals surface area contributed by atoms with Crippen molar-refractivity contribution in [3.05, 3.63) is 71.1 Å². The van der Waals surface area contributed by atoms with Crippen LogP contribution in [0.5, 0.6) is 11.5 Å². The summed E-state index contributed by atoms with van der Waals surface area (Å²) in [5.74, 6) is 1.22. The first-order valence-corrected chi connectivity index (χ1v) is 11.8. The van der Waals surface area contributed by atoms with Gasteiger partial charge < -0.3 is 19.3 Å². The molecule has 0 atom stereocenters. The minimum atomic E-state index is -3.37. The predicted molar refractivity (Wildman–Crippen MR) is 119 cm³/mol. The van der Waals surface area contributed by atoms with Gasteiger partial charge in [-0.15, -0.1) is 0 Å². The Labute approximate surface area is 187 Å². The van der Waals surface area contributed by atoms with Crippen molar-refractivity contribution in [1.82, 2.24) is 10.5 Å². The van der Waals surface area contributed by atoms with Gasteiger partial charge >= 0.3 is 0 Å². The molecule has 1 N–H and O–H groups in total. The summed E-state index contributed by atoms with van der Waals surface area (Å²) >= 11 is 0. The quantitative estimate of drug-likeness (QED) is 0.464. The second-order valence-corrected chi connectivity index (χ2v) is 9.31. The summed E-state index contributed by atoms with van der Waals surface area (Å²) < 4.78 is 40.9. The monoisotopic (exact) mass is 458 g/mol. The van der Waals surface area contributed by atoms with Crippen LogP contribution in [0.3, 0.4) is 0 Å². The van der Waals surface area contributed by atoms with Crippen LogP contribution in [0.15, 0.2) is 57.9 Å². The van der Waals surface area contributed by atoms with Gasteiger partial charge in [0.1, 0.15) is 12.4 Å². The van der Waals surface area contributed by atoms with E-state index in [-0.39, 0.29) is 29.7 Å². The van der Waals surface area contributed by atoms with Gasteiger partial charge in [-0.1, -0.05) is 23.4 Å². The summed E-state index contributed by atoms with van der Waals surface area (Å²) in [6, 6.07) is 13.1. The van der Waals surface area contributed by atoms with Crippen molar-refractivity contribution in [2.75, 3.05) is 19.4 Å². The third-order valence-electron chi connectivity index (χ3n) is 4.96. The first-order valence-electron chi connectivity index (χ1n) is 10.1. The molecule has 0 aliphatic carbocycles. The highest BCUT2D eigenvalue weighted by atomic mass is 32.2. The van der Waals surface area contributed by atoms with Crippen molar-refractivity contribution in [3.8, 4) is 11.5 Å². The molecule has 0 spiro atoms. The summed E-state index contributed by atoms with van der Waals surface area (Å²) in [5.41, 5.74) is 2.00. The average molecular weight is 459 g/mol. The summed E-state index contributed by atoms with van der Waals surface area (Å²) in [7, 11) is -1.88. The van der Waals surface area contributed by atoms with E-state index in [1.54, 1.807) is 48.5 Å². The van der Waals surface area contributed by atoms with E-state index in [0.717, 1.165) is 11.3 Å². The number of carbonyl (C=O) groups excluding carboxylic acids is 1. The van der Waals surface area contributed by atoms with Gasteiger partial charge in [-0.25, -0.2) is 8.42 Å². The summed E-state index contributed by atoms with van der Waals surface area (Å²) in [6.07, 6.45) is 0.304. The number of amides is 1. The maximum atomic E-state index is 12.5. The van der Waals surface area contributed by atoms with E-state index >= 15 is 0 Å². The molecule has 1 heterocycles. The standard InChI is InChI=1S/C23H26N2O6S/c1-16-20(17(2)31-25-16)15-30-21-11-10-18(14-22(21)29-3)23(26)24-12-7-13-32(27,28)19-8-5-4-6-9-19/h4-6,8-11,14H,7,12-13,15H2,1-3H3,(H,24,26). The number of hydrogen-bond acceptors (Lipinski definition) is 7. The molecule has 0 saturated heterocycles. The highest BCUT2D eigenvalue weighted by molar-refractivity contribution is 7.91. The van der Waals surface area contributed by atoms with Gasteiger partial charge in [-0.05, 0) is 50.6 Å². The Morgan fingerprint density at radius 3 is 2.50 bits per heavy atom. The van der Waals surface area contributed by atoms with Crippen LogP contribution in [-0.2, 0) is 16.4 Å². The Kier molecular flexibility index (Phi) is 7.53. The molecule has 0 bridgehead atoms. The van der Waals surface area contributed by atoms with Gasteiger partial charge in [0, 0.05) is 12.1 Å². The van der Waals surface area contributed by atoms with E-state index < -0.39 is 9.84 Å². The van der Waals surface area contributed by atoms with Gasteiger partial charge in [0.25, 0.3) is 5.91 Å². The molecule has 0 unspecified atom stereocenters. The maximum absolute atomic E-state index is 12.5. The largest absolute Gasteiger partial charge is 0.493 e. The number of rotatable bonds is 10. The van der Waals surface area contributed by atoms with Crippen LogP contribution in [0.2, 0.25) is 0 Å². The third-order valence-corrected chi connectivity index (χ3v) is 6.77. The lowest BCUT2D eigenvalue weighted by Gasteiger charge is -2.12. The van der Waals surface area contributed by atoms with Crippen LogP contribution in [0.25, 0.3) is 0 Å². The van der Waals surface area contributed by atoms with Gasteiger partial charge in [-0.3, -0.25) is 4.79 Å². The average Bonchev–Trinajstić information content (AvgIpc) is 3.12. The van der Waals surface area contributed by atoms with Crippen molar-refractivity contribution in [2.24, 2.45) is 0 Å². The number of nitrogens with one attached hydrogen (secondary N) is 1. The number of aromatic nitrogens is 1. The third kappa shape index (κ3) is 5.67. The second-order valence-electron chi connectivity index (χ2n) is 7.20. The molecule has 32 heavy (non-hydrogen) atoms. The zero-order valence-corrected chi connectivity index (χ0v) is 19.1. The number of sulfone groups is 1. The Bertz CT molecular complexity index is 1150. The number of methoxy groups -OCH3 is 1. The van der Waals surface area contributed by atoms with E-state index in [9.17, 15) is 13.2 Å². The van der Waals surface area contributed by atoms with Crippen molar-refractivity contribution >= 4 is 15.7 Å². The molecule has 0 fully saturated rings. The fourth-order valence-electron chi connectivity index (χ4n) is 3.10. The van der Waals surface area contributed by atoms with Crippen LogP contribution in [0, 0.1) is 13.8 Å². The predicted octanol–water partition coefficient (Wildman–Crippen LogP) is 3.47. The number of aryl methyl sites for hydroxylation is 2. The van der Waals surface area contributed by atoms with Crippen LogP contribution >= 0.6 is 0 Å². The molecular weight excluding hydrogens is 432 g/mol. The molecule has 0 aliphatic heterocycles. The van der Waals surface area contributed by atoms with Crippen LogP contribution < -0.4 is 14.8 Å². The van der Waals surface area contributed by atoms with Crippen molar-refractivity contribution in [1.29, 1.82) is 0 Å². The Balaban J connectivity index is 1.55. The van der Waals surface area contributed by atoms with Crippen LogP contribution in [0.1, 0.15) is 33.8 Å². The lowest BCUT2D eigenvalue weighted by molar-refractivity contribution is 0.0953. The number of carbonyl (C=O) groups is 1. The molecule has 0 aliphatic rings. The Morgan fingerprint density at radius 1 is 1.09 bits per heavy atom. The zero-order valence-electron chi connectivity index (χ0n) is 18.3. The molecule has 3 rings (SSSR count). The highest BCUT2D eigenvalue weighted by Gasteiger charge is 2.16. The maximum Gasteiger partial charge on any atom is 0.251 e. The number of benzene rings is 2. The smallest absolute Gasteiger partial charge is 0.251 e. The first-order chi connectivity index (χ1) is 15.3. The lowest BCUT2D eigenvalue weighted by Crippen LogP contribution is -2.26. The molecule has 9 heteroatoms. The summed E-state index contributed by atoms with van der Waals surface area (Å²) in [5, 5.41) is 6.64. The van der Waals surface area contributed by atoms with Gasteiger partial charge in [0.2, 0.25) is 0 Å². The second kappa shape index (κ2) is 10.3. The van der Waals surface area contributed by atoms with E-state index in [1.807, 2.05) is 13.8 Å². The van der Waals surface area contributed by atoms with E-state index in [0.29, 0.717) is 29.2 Å². The number of hydrogen-bond donors (Lipinski definition) is 1.